The minimum absolute atomic E-state index is 0.193. The van der Waals surface area contributed by atoms with Gasteiger partial charge in [-0.05, 0) is 46.5 Å². The van der Waals surface area contributed by atoms with Gasteiger partial charge in [0.15, 0.2) is 11.5 Å². The van der Waals surface area contributed by atoms with Crippen LogP contribution in [0.3, 0.4) is 0 Å². The Morgan fingerprint density at radius 2 is 1.88 bits per heavy atom. The molecule has 1 aliphatic carbocycles. The molecule has 92 valence electrons. The maximum absolute atomic E-state index is 6.53. The molecule has 0 bridgehead atoms. The van der Waals surface area contributed by atoms with E-state index < -0.39 is 0 Å². The van der Waals surface area contributed by atoms with Crippen molar-refractivity contribution in [2.24, 2.45) is 5.73 Å². The van der Waals surface area contributed by atoms with Crippen molar-refractivity contribution in [3.05, 3.63) is 22.2 Å². The normalized spacial score (nSPS) is 21.5. The highest BCUT2D eigenvalue weighted by Crippen LogP contribution is 2.44. The van der Waals surface area contributed by atoms with Crippen molar-refractivity contribution >= 4 is 15.9 Å². The van der Waals surface area contributed by atoms with Gasteiger partial charge >= 0.3 is 0 Å². The molecular weight excluding hydrogens is 282 g/mol. The minimum atomic E-state index is -0.193. The first-order chi connectivity index (χ1) is 8.19. The van der Waals surface area contributed by atoms with Gasteiger partial charge in [0.05, 0.1) is 4.47 Å². The Morgan fingerprint density at radius 3 is 2.65 bits per heavy atom. The molecule has 17 heavy (non-hydrogen) atoms. The number of hydrogen-bond acceptors (Lipinski definition) is 3. The van der Waals surface area contributed by atoms with Gasteiger partial charge < -0.3 is 15.2 Å². The molecule has 1 aliphatic heterocycles. The van der Waals surface area contributed by atoms with Crippen LogP contribution in [-0.4, -0.2) is 6.79 Å². The van der Waals surface area contributed by atoms with E-state index >= 15 is 0 Å². The molecular formula is C13H16BrNO2. The fraction of sp³-hybridized carbons (Fsp3) is 0.538. The molecule has 0 saturated heterocycles. The third-order valence-electron chi connectivity index (χ3n) is 3.75. The maximum atomic E-state index is 6.53. The van der Waals surface area contributed by atoms with Gasteiger partial charge in [-0.15, -0.1) is 0 Å². The monoisotopic (exact) mass is 297 g/mol. The first kappa shape index (κ1) is 11.4. The van der Waals surface area contributed by atoms with E-state index in [9.17, 15) is 0 Å². The van der Waals surface area contributed by atoms with Crippen LogP contribution >= 0.6 is 15.9 Å². The summed E-state index contributed by atoms with van der Waals surface area (Å²) in [5.74, 6) is 1.61. The highest BCUT2D eigenvalue weighted by Gasteiger charge is 2.31. The zero-order valence-corrected chi connectivity index (χ0v) is 11.3. The van der Waals surface area contributed by atoms with Gasteiger partial charge in [-0.25, -0.2) is 0 Å². The standard InChI is InChI=1S/C13H16BrNO2/c14-10-6-9(7-11-12(10)17-8-16-11)13(15)4-2-1-3-5-13/h6-7H,1-5,8,15H2. The summed E-state index contributed by atoms with van der Waals surface area (Å²) in [5, 5.41) is 0. The molecule has 3 nitrogen and oxygen atoms in total. The van der Waals surface area contributed by atoms with Crippen LogP contribution in [0.5, 0.6) is 11.5 Å². The van der Waals surface area contributed by atoms with E-state index in [1.165, 1.54) is 19.3 Å². The lowest BCUT2D eigenvalue weighted by molar-refractivity contribution is 0.173. The third kappa shape index (κ3) is 1.93. The predicted octanol–water partition coefficient (Wildman–Crippen LogP) is 3.30. The van der Waals surface area contributed by atoms with Gasteiger partial charge in [-0.2, -0.15) is 0 Å². The maximum Gasteiger partial charge on any atom is 0.231 e. The molecule has 0 aromatic heterocycles. The molecule has 1 aromatic rings. The predicted molar refractivity (Wildman–Crippen MR) is 69.2 cm³/mol. The van der Waals surface area contributed by atoms with Crippen LogP contribution in [0.15, 0.2) is 16.6 Å². The molecule has 1 heterocycles. The van der Waals surface area contributed by atoms with Gasteiger partial charge in [-0.3, -0.25) is 0 Å². The highest BCUT2D eigenvalue weighted by molar-refractivity contribution is 9.10. The molecule has 0 unspecified atom stereocenters. The van der Waals surface area contributed by atoms with Crippen LogP contribution in [-0.2, 0) is 5.54 Å². The van der Waals surface area contributed by atoms with Crippen molar-refractivity contribution in [3.63, 3.8) is 0 Å². The van der Waals surface area contributed by atoms with Gasteiger partial charge in [0.2, 0.25) is 6.79 Å². The number of rotatable bonds is 1. The molecule has 0 spiro atoms. The van der Waals surface area contributed by atoms with E-state index in [2.05, 4.69) is 22.0 Å². The molecule has 2 N–H and O–H groups in total. The smallest absolute Gasteiger partial charge is 0.231 e. The second-order valence-corrected chi connectivity index (χ2v) is 5.76. The lowest BCUT2D eigenvalue weighted by Gasteiger charge is -2.34. The fourth-order valence-electron chi connectivity index (χ4n) is 2.73. The van der Waals surface area contributed by atoms with Crippen molar-refractivity contribution < 1.29 is 9.47 Å². The van der Waals surface area contributed by atoms with E-state index in [-0.39, 0.29) is 5.54 Å². The fourth-order valence-corrected chi connectivity index (χ4v) is 3.28. The van der Waals surface area contributed by atoms with Crippen LogP contribution in [0.4, 0.5) is 0 Å². The highest BCUT2D eigenvalue weighted by atomic mass is 79.9. The summed E-state index contributed by atoms with van der Waals surface area (Å²) >= 11 is 3.53. The summed E-state index contributed by atoms with van der Waals surface area (Å²) in [5.41, 5.74) is 7.49. The molecule has 3 rings (SSSR count). The summed E-state index contributed by atoms with van der Waals surface area (Å²) in [6.45, 7) is 0.301. The van der Waals surface area contributed by atoms with Gasteiger partial charge in [-0.1, -0.05) is 19.3 Å². The summed E-state index contributed by atoms with van der Waals surface area (Å²) in [6, 6.07) is 4.12. The van der Waals surface area contributed by atoms with Crippen molar-refractivity contribution in [2.75, 3.05) is 6.79 Å². The summed E-state index contributed by atoms with van der Waals surface area (Å²) < 4.78 is 11.8. The van der Waals surface area contributed by atoms with E-state index in [1.807, 2.05) is 6.07 Å². The van der Waals surface area contributed by atoms with Gasteiger partial charge in [0.1, 0.15) is 0 Å². The van der Waals surface area contributed by atoms with Crippen LogP contribution in [0.1, 0.15) is 37.7 Å². The summed E-state index contributed by atoms with van der Waals surface area (Å²) in [4.78, 5) is 0. The number of halogens is 1. The van der Waals surface area contributed by atoms with Gasteiger partial charge in [0.25, 0.3) is 0 Å². The molecule has 0 amide bonds. The molecule has 4 heteroatoms. The zero-order chi connectivity index (χ0) is 11.9. The lowest BCUT2D eigenvalue weighted by Crippen LogP contribution is -2.38. The van der Waals surface area contributed by atoms with Crippen molar-refractivity contribution in [2.45, 2.75) is 37.6 Å². The van der Waals surface area contributed by atoms with Gasteiger partial charge in [0, 0.05) is 5.54 Å². The number of benzene rings is 1. The first-order valence-electron chi connectivity index (χ1n) is 6.08. The van der Waals surface area contributed by atoms with E-state index in [0.29, 0.717) is 6.79 Å². The van der Waals surface area contributed by atoms with E-state index in [1.54, 1.807) is 0 Å². The van der Waals surface area contributed by atoms with E-state index in [4.69, 9.17) is 15.2 Å². The zero-order valence-electron chi connectivity index (χ0n) is 9.67. The summed E-state index contributed by atoms with van der Waals surface area (Å²) in [6.07, 6.45) is 5.83. The van der Waals surface area contributed by atoms with Crippen LogP contribution < -0.4 is 15.2 Å². The second-order valence-electron chi connectivity index (χ2n) is 4.91. The average molecular weight is 298 g/mol. The number of ether oxygens (including phenoxy) is 2. The number of nitrogens with two attached hydrogens (primary N) is 1. The topological polar surface area (TPSA) is 44.5 Å². The van der Waals surface area contributed by atoms with Crippen LogP contribution in [0, 0.1) is 0 Å². The molecule has 1 saturated carbocycles. The molecule has 1 fully saturated rings. The van der Waals surface area contributed by atoms with Crippen LogP contribution in [0.25, 0.3) is 0 Å². The average Bonchev–Trinajstić information content (AvgIpc) is 2.78. The Balaban J connectivity index is 2.00. The van der Waals surface area contributed by atoms with Crippen molar-refractivity contribution in [1.29, 1.82) is 0 Å². The molecule has 0 radical (unpaired) electrons. The number of hydrogen-bond donors (Lipinski definition) is 1. The second kappa shape index (κ2) is 4.18. The summed E-state index contributed by atoms with van der Waals surface area (Å²) in [7, 11) is 0. The Hall–Kier alpha value is -0.740. The largest absolute Gasteiger partial charge is 0.454 e. The third-order valence-corrected chi connectivity index (χ3v) is 4.34. The number of fused-ring (bicyclic) bond motifs is 1. The van der Waals surface area contributed by atoms with Crippen LogP contribution in [0.2, 0.25) is 0 Å². The van der Waals surface area contributed by atoms with E-state index in [0.717, 1.165) is 34.4 Å². The first-order valence-corrected chi connectivity index (χ1v) is 6.87. The lowest BCUT2D eigenvalue weighted by atomic mass is 9.77. The molecule has 0 atom stereocenters. The SMILES string of the molecule is NC1(c2cc(Br)c3c(c2)OCO3)CCCCC1. The molecule has 1 aromatic carbocycles. The van der Waals surface area contributed by atoms with Crippen molar-refractivity contribution in [3.8, 4) is 11.5 Å². The Labute approximate surface area is 109 Å². The molecule has 2 aliphatic rings. The minimum Gasteiger partial charge on any atom is -0.454 e. The Bertz CT molecular complexity index is 441. The van der Waals surface area contributed by atoms with Crippen molar-refractivity contribution in [1.82, 2.24) is 0 Å². The Kier molecular flexibility index (Phi) is 2.79. The Morgan fingerprint density at radius 1 is 1.12 bits per heavy atom. The quantitative estimate of drug-likeness (QED) is 0.865.